The summed E-state index contributed by atoms with van der Waals surface area (Å²) < 4.78 is 5.38. The minimum atomic E-state index is 0.0407. The van der Waals surface area contributed by atoms with Gasteiger partial charge in [0.05, 0.1) is 12.8 Å². The van der Waals surface area contributed by atoms with Crippen LogP contribution in [0.4, 0.5) is 11.4 Å². The molecule has 1 saturated heterocycles. The minimum absolute atomic E-state index is 0.0407. The molecular formula is C19H28N2O3. The van der Waals surface area contributed by atoms with E-state index < -0.39 is 0 Å². The highest BCUT2D eigenvalue weighted by molar-refractivity contribution is 5.98. The highest BCUT2D eigenvalue weighted by Crippen LogP contribution is 2.34. The van der Waals surface area contributed by atoms with E-state index in [0.29, 0.717) is 24.4 Å². The van der Waals surface area contributed by atoms with Crippen LogP contribution in [0.1, 0.15) is 52.4 Å². The van der Waals surface area contributed by atoms with Crippen LogP contribution in [0.15, 0.2) is 18.2 Å². The van der Waals surface area contributed by atoms with Crippen LogP contribution < -0.4 is 15.0 Å². The Labute approximate surface area is 144 Å². The first-order chi connectivity index (χ1) is 11.6. The number of nitrogens with zero attached hydrogens (tertiary/aromatic N) is 1. The van der Waals surface area contributed by atoms with Crippen molar-refractivity contribution >= 4 is 23.2 Å². The number of nitrogens with one attached hydrogen (secondary N) is 1. The van der Waals surface area contributed by atoms with Crippen molar-refractivity contribution in [3.05, 3.63) is 18.2 Å². The van der Waals surface area contributed by atoms with E-state index in [4.69, 9.17) is 4.74 Å². The Balaban J connectivity index is 2.18. The smallest absolute Gasteiger partial charge is 0.227 e. The topological polar surface area (TPSA) is 58.6 Å². The Bertz CT molecular complexity index is 580. The van der Waals surface area contributed by atoms with E-state index in [1.165, 1.54) is 0 Å². The van der Waals surface area contributed by atoms with Gasteiger partial charge in [-0.25, -0.2) is 0 Å². The van der Waals surface area contributed by atoms with Crippen LogP contribution >= 0.6 is 0 Å². The number of amides is 2. The lowest BCUT2D eigenvalue weighted by Crippen LogP contribution is -2.25. The number of methoxy groups -OCH3 is 1. The number of anilines is 2. The van der Waals surface area contributed by atoms with Gasteiger partial charge < -0.3 is 15.0 Å². The van der Waals surface area contributed by atoms with E-state index in [1.807, 2.05) is 18.2 Å². The number of hydrogen-bond acceptors (Lipinski definition) is 3. The van der Waals surface area contributed by atoms with E-state index in [-0.39, 0.29) is 17.7 Å². The molecule has 0 saturated carbocycles. The minimum Gasteiger partial charge on any atom is -0.495 e. The van der Waals surface area contributed by atoms with Gasteiger partial charge in [-0.15, -0.1) is 0 Å². The second-order valence-electron chi connectivity index (χ2n) is 6.30. The van der Waals surface area contributed by atoms with E-state index in [0.717, 1.165) is 37.8 Å². The molecular weight excluding hydrogens is 304 g/mol. The largest absolute Gasteiger partial charge is 0.495 e. The molecule has 0 aliphatic carbocycles. The normalized spacial score (nSPS) is 14.3. The molecule has 1 aliphatic rings. The number of hydrogen-bond donors (Lipinski definition) is 1. The zero-order chi connectivity index (χ0) is 17.5. The molecule has 5 nitrogen and oxygen atoms in total. The molecule has 0 radical (unpaired) electrons. The fourth-order valence-electron chi connectivity index (χ4n) is 3.23. The van der Waals surface area contributed by atoms with Gasteiger partial charge in [0.1, 0.15) is 5.75 Å². The Kier molecular flexibility index (Phi) is 6.64. The lowest BCUT2D eigenvalue weighted by molar-refractivity contribution is -0.120. The van der Waals surface area contributed by atoms with Crippen molar-refractivity contribution in [2.24, 2.45) is 5.92 Å². The molecule has 0 atom stereocenters. The van der Waals surface area contributed by atoms with Crippen LogP contribution in [0, 0.1) is 5.92 Å². The first-order valence-corrected chi connectivity index (χ1v) is 8.90. The van der Waals surface area contributed by atoms with Crippen molar-refractivity contribution in [3.63, 3.8) is 0 Å². The van der Waals surface area contributed by atoms with E-state index in [9.17, 15) is 9.59 Å². The molecule has 1 N–H and O–H groups in total. The predicted octanol–water partition coefficient (Wildman–Crippen LogP) is 3.98. The average Bonchev–Trinajstić information content (AvgIpc) is 3.00. The van der Waals surface area contributed by atoms with Crippen molar-refractivity contribution in [1.82, 2.24) is 0 Å². The predicted molar refractivity (Wildman–Crippen MR) is 96.5 cm³/mol. The zero-order valence-corrected chi connectivity index (χ0v) is 14.9. The van der Waals surface area contributed by atoms with Crippen LogP contribution in [0.3, 0.4) is 0 Å². The first-order valence-electron chi connectivity index (χ1n) is 8.90. The molecule has 2 amide bonds. The van der Waals surface area contributed by atoms with Gasteiger partial charge in [-0.1, -0.05) is 26.7 Å². The number of benzene rings is 1. The summed E-state index contributed by atoms with van der Waals surface area (Å²) in [5, 5.41) is 3.01. The van der Waals surface area contributed by atoms with Crippen LogP contribution in [0.5, 0.6) is 5.75 Å². The lowest BCUT2D eigenvalue weighted by Gasteiger charge is -2.21. The standard InChI is InChI=1S/C19H28N2O3/c1-4-7-14(8-5-2)19(23)20-15-10-11-17(24-3)16(13-15)21-12-6-9-18(21)22/h10-11,13-14H,4-9,12H2,1-3H3,(H,20,23). The van der Waals surface area contributed by atoms with Gasteiger partial charge in [0.15, 0.2) is 0 Å². The number of carbonyl (C=O) groups excluding carboxylic acids is 2. The van der Waals surface area contributed by atoms with Crippen LogP contribution in [0.25, 0.3) is 0 Å². The summed E-state index contributed by atoms with van der Waals surface area (Å²) in [6.07, 6.45) is 5.20. The van der Waals surface area contributed by atoms with Crippen molar-refractivity contribution in [1.29, 1.82) is 0 Å². The molecule has 5 heteroatoms. The monoisotopic (exact) mass is 332 g/mol. The fraction of sp³-hybridized carbons (Fsp3) is 0.579. The maximum Gasteiger partial charge on any atom is 0.227 e. The lowest BCUT2D eigenvalue weighted by atomic mass is 9.97. The van der Waals surface area contributed by atoms with Gasteiger partial charge in [-0.05, 0) is 37.5 Å². The van der Waals surface area contributed by atoms with Gasteiger partial charge in [-0.3, -0.25) is 9.59 Å². The van der Waals surface area contributed by atoms with Gasteiger partial charge in [0.25, 0.3) is 0 Å². The summed E-state index contributed by atoms with van der Waals surface area (Å²) in [6, 6.07) is 5.48. The van der Waals surface area contributed by atoms with Gasteiger partial charge >= 0.3 is 0 Å². The Morgan fingerprint density at radius 1 is 1.29 bits per heavy atom. The molecule has 2 rings (SSSR count). The van der Waals surface area contributed by atoms with E-state index in [2.05, 4.69) is 19.2 Å². The summed E-state index contributed by atoms with van der Waals surface area (Å²) in [5.41, 5.74) is 1.45. The highest BCUT2D eigenvalue weighted by atomic mass is 16.5. The molecule has 1 fully saturated rings. The third-order valence-electron chi connectivity index (χ3n) is 4.46. The Morgan fingerprint density at radius 2 is 2.00 bits per heavy atom. The molecule has 0 bridgehead atoms. The van der Waals surface area contributed by atoms with Crippen LogP contribution in [0.2, 0.25) is 0 Å². The fourth-order valence-corrected chi connectivity index (χ4v) is 3.23. The summed E-state index contributed by atoms with van der Waals surface area (Å²) >= 11 is 0. The maximum atomic E-state index is 12.5. The highest BCUT2D eigenvalue weighted by Gasteiger charge is 2.25. The van der Waals surface area contributed by atoms with Crippen molar-refractivity contribution in [2.45, 2.75) is 52.4 Å². The molecule has 1 aliphatic heterocycles. The summed E-state index contributed by atoms with van der Waals surface area (Å²) in [6.45, 7) is 4.89. The summed E-state index contributed by atoms with van der Waals surface area (Å²) in [4.78, 5) is 26.3. The molecule has 0 unspecified atom stereocenters. The summed E-state index contributed by atoms with van der Waals surface area (Å²) in [5.74, 6) is 0.857. The quantitative estimate of drug-likeness (QED) is 0.783. The molecule has 1 heterocycles. The van der Waals surface area contributed by atoms with Gasteiger partial charge in [-0.2, -0.15) is 0 Å². The van der Waals surface area contributed by atoms with E-state index >= 15 is 0 Å². The Morgan fingerprint density at radius 3 is 2.54 bits per heavy atom. The average molecular weight is 332 g/mol. The molecule has 1 aromatic rings. The molecule has 24 heavy (non-hydrogen) atoms. The summed E-state index contributed by atoms with van der Waals surface area (Å²) in [7, 11) is 1.59. The van der Waals surface area contributed by atoms with E-state index in [1.54, 1.807) is 12.0 Å². The van der Waals surface area contributed by atoms with Crippen molar-refractivity contribution in [3.8, 4) is 5.75 Å². The van der Waals surface area contributed by atoms with Crippen molar-refractivity contribution < 1.29 is 14.3 Å². The maximum absolute atomic E-state index is 12.5. The first kappa shape index (κ1) is 18.3. The van der Waals surface area contributed by atoms with Gasteiger partial charge in [0.2, 0.25) is 11.8 Å². The van der Waals surface area contributed by atoms with Crippen LogP contribution in [-0.2, 0) is 9.59 Å². The Hall–Kier alpha value is -2.04. The molecule has 0 spiro atoms. The molecule has 1 aromatic carbocycles. The van der Waals surface area contributed by atoms with Crippen LogP contribution in [-0.4, -0.2) is 25.5 Å². The van der Waals surface area contributed by atoms with Crippen molar-refractivity contribution in [2.75, 3.05) is 23.9 Å². The second-order valence-corrected chi connectivity index (χ2v) is 6.30. The molecule has 132 valence electrons. The molecule has 0 aromatic heterocycles. The third-order valence-corrected chi connectivity index (χ3v) is 4.46. The third kappa shape index (κ3) is 4.28. The number of carbonyl (C=O) groups is 2. The second kappa shape index (κ2) is 8.71. The van der Waals surface area contributed by atoms with Gasteiger partial charge in [0, 0.05) is 24.6 Å². The number of ether oxygens (including phenoxy) is 1. The zero-order valence-electron chi connectivity index (χ0n) is 14.9. The SMILES string of the molecule is CCCC(CCC)C(=O)Nc1ccc(OC)c(N2CCCC2=O)c1. The number of rotatable bonds is 8.